The second-order valence-electron chi connectivity index (χ2n) is 3.76. The van der Waals surface area contributed by atoms with Gasteiger partial charge in [-0.25, -0.2) is 9.37 Å². The molecule has 0 spiro atoms. The molecule has 0 aliphatic heterocycles. The topological polar surface area (TPSA) is 68.5 Å². The zero-order valence-corrected chi connectivity index (χ0v) is 9.89. The van der Waals surface area contributed by atoms with Gasteiger partial charge in [0.25, 0.3) is 5.91 Å². The molecule has 1 atom stereocenters. The van der Waals surface area contributed by atoms with E-state index in [1.54, 1.807) is 14.2 Å². The summed E-state index contributed by atoms with van der Waals surface area (Å²) in [4.78, 5) is 17.0. The minimum Gasteiger partial charge on any atom is -0.383 e. The van der Waals surface area contributed by atoms with E-state index in [2.05, 4.69) is 4.98 Å². The highest BCUT2D eigenvalue weighted by atomic mass is 19.1. The predicted molar refractivity (Wildman–Crippen MR) is 61.0 cm³/mol. The Morgan fingerprint density at radius 1 is 1.65 bits per heavy atom. The first-order valence-electron chi connectivity index (χ1n) is 5.16. The molecular formula is C11H16FN3O2. The van der Waals surface area contributed by atoms with Crippen LogP contribution in [0.15, 0.2) is 18.3 Å². The third-order valence-electron chi connectivity index (χ3n) is 2.18. The van der Waals surface area contributed by atoms with Gasteiger partial charge in [0, 0.05) is 26.7 Å². The number of amides is 1. The van der Waals surface area contributed by atoms with Crippen LogP contribution in [0.1, 0.15) is 10.5 Å². The van der Waals surface area contributed by atoms with Crippen molar-refractivity contribution in [1.29, 1.82) is 0 Å². The van der Waals surface area contributed by atoms with Crippen LogP contribution in [0.25, 0.3) is 0 Å². The number of hydrogen-bond acceptors (Lipinski definition) is 4. The van der Waals surface area contributed by atoms with E-state index in [1.165, 1.54) is 17.0 Å². The Hall–Kier alpha value is -1.53. The summed E-state index contributed by atoms with van der Waals surface area (Å²) in [5, 5.41) is 0. The largest absolute Gasteiger partial charge is 0.383 e. The molecule has 94 valence electrons. The number of pyridine rings is 1. The van der Waals surface area contributed by atoms with Crippen molar-refractivity contribution in [2.75, 3.05) is 27.3 Å². The quantitative estimate of drug-likeness (QED) is 0.803. The normalized spacial score (nSPS) is 12.2. The summed E-state index contributed by atoms with van der Waals surface area (Å²) < 4.78 is 17.5. The number of carbonyl (C=O) groups excluding carboxylic acids is 1. The number of likely N-dealkylation sites (N-methyl/N-ethyl adjacent to an activating group) is 1. The van der Waals surface area contributed by atoms with Gasteiger partial charge in [0.15, 0.2) is 0 Å². The fourth-order valence-electron chi connectivity index (χ4n) is 1.40. The van der Waals surface area contributed by atoms with Crippen molar-refractivity contribution in [2.24, 2.45) is 5.73 Å². The average molecular weight is 241 g/mol. The molecule has 1 amide bonds. The first-order chi connectivity index (χ1) is 8.04. The molecule has 0 aliphatic rings. The summed E-state index contributed by atoms with van der Waals surface area (Å²) in [6.45, 7) is 0.722. The van der Waals surface area contributed by atoms with Crippen LogP contribution in [0.3, 0.4) is 0 Å². The summed E-state index contributed by atoms with van der Waals surface area (Å²) in [5.74, 6) is -0.767. The van der Waals surface area contributed by atoms with Gasteiger partial charge in [-0.3, -0.25) is 4.79 Å². The van der Waals surface area contributed by atoms with Crippen LogP contribution in [0.2, 0.25) is 0 Å². The molecule has 1 rings (SSSR count). The number of nitrogens with two attached hydrogens (primary N) is 1. The summed E-state index contributed by atoms with van der Waals surface area (Å²) >= 11 is 0. The van der Waals surface area contributed by atoms with E-state index in [1.807, 2.05) is 0 Å². The monoisotopic (exact) mass is 241 g/mol. The van der Waals surface area contributed by atoms with Gasteiger partial charge in [0.2, 0.25) is 0 Å². The van der Waals surface area contributed by atoms with Gasteiger partial charge in [-0.05, 0) is 12.1 Å². The van der Waals surface area contributed by atoms with Crippen LogP contribution < -0.4 is 5.73 Å². The second-order valence-corrected chi connectivity index (χ2v) is 3.76. The SMILES string of the molecule is COCC(N)CN(C)C(=O)c1ccc(F)cn1. The van der Waals surface area contributed by atoms with E-state index in [4.69, 9.17) is 10.5 Å². The number of nitrogens with zero attached hydrogens (tertiary/aromatic N) is 2. The molecular weight excluding hydrogens is 225 g/mol. The minimum atomic E-state index is -0.472. The van der Waals surface area contributed by atoms with Crippen molar-refractivity contribution < 1.29 is 13.9 Å². The van der Waals surface area contributed by atoms with E-state index in [0.29, 0.717) is 13.2 Å². The molecule has 5 nitrogen and oxygen atoms in total. The molecule has 0 aliphatic carbocycles. The van der Waals surface area contributed by atoms with E-state index in [-0.39, 0.29) is 17.6 Å². The highest BCUT2D eigenvalue weighted by molar-refractivity contribution is 5.92. The lowest BCUT2D eigenvalue weighted by atomic mass is 10.2. The minimum absolute atomic E-state index is 0.193. The van der Waals surface area contributed by atoms with E-state index in [9.17, 15) is 9.18 Å². The molecule has 0 radical (unpaired) electrons. The van der Waals surface area contributed by atoms with Crippen molar-refractivity contribution in [1.82, 2.24) is 9.88 Å². The molecule has 1 heterocycles. The van der Waals surface area contributed by atoms with Gasteiger partial charge in [-0.15, -0.1) is 0 Å². The van der Waals surface area contributed by atoms with Crippen LogP contribution >= 0.6 is 0 Å². The number of ether oxygens (including phenoxy) is 1. The van der Waals surface area contributed by atoms with Crippen molar-refractivity contribution in [3.8, 4) is 0 Å². The standard InChI is InChI=1S/C11H16FN3O2/c1-15(6-9(13)7-17-2)11(16)10-4-3-8(12)5-14-10/h3-5,9H,6-7,13H2,1-2H3. The smallest absolute Gasteiger partial charge is 0.272 e. The number of halogens is 1. The van der Waals surface area contributed by atoms with Crippen LogP contribution in [0.4, 0.5) is 4.39 Å². The van der Waals surface area contributed by atoms with Gasteiger partial charge < -0.3 is 15.4 Å². The Balaban J connectivity index is 2.60. The van der Waals surface area contributed by atoms with Crippen LogP contribution in [0, 0.1) is 5.82 Å². The highest BCUT2D eigenvalue weighted by Crippen LogP contribution is 2.02. The molecule has 1 unspecified atom stereocenters. The van der Waals surface area contributed by atoms with Crippen LogP contribution in [-0.4, -0.2) is 49.1 Å². The second kappa shape index (κ2) is 6.27. The Kier molecular flexibility index (Phi) is 4.99. The number of rotatable bonds is 5. The lowest BCUT2D eigenvalue weighted by molar-refractivity contribution is 0.0759. The van der Waals surface area contributed by atoms with Crippen LogP contribution in [0.5, 0.6) is 0 Å². The molecule has 6 heteroatoms. The van der Waals surface area contributed by atoms with E-state index < -0.39 is 5.82 Å². The Labute approximate surface area is 99.4 Å². The third-order valence-corrected chi connectivity index (χ3v) is 2.18. The molecule has 0 fully saturated rings. The molecule has 0 aromatic carbocycles. The molecule has 0 saturated heterocycles. The zero-order chi connectivity index (χ0) is 12.8. The molecule has 1 aromatic rings. The molecule has 0 saturated carbocycles. The van der Waals surface area contributed by atoms with Gasteiger partial charge in [0.1, 0.15) is 11.5 Å². The Morgan fingerprint density at radius 3 is 2.88 bits per heavy atom. The molecule has 1 aromatic heterocycles. The van der Waals surface area contributed by atoms with Gasteiger partial charge >= 0.3 is 0 Å². The van der Waals surface area contributed by atoms with Crippen LogP contribution in [-0.2, 0) is 4.74 Å². The maximum Gasteiger partial charge on any atom is 0.272 e. The van der Waals surface area contributed by atoms with E-state index in [0.717, 1.165) is 6.20 Å². The fourth-order valence-corrected chi connectivity index (χ4v) is 1.40. The summed E-state index contributed by atoms with van der Waals surface area (Å²) in [6, 6.07) is 2.29. The van der Waals surface area contributed by atoms with Gasteiger partial charge in [-0.1, -0.05) is 0 Å². The maximum atomic E-state index is 12.6. The molecule has 0 bridgehead atoms. The maximum absolute atomic E-state index is 12.6. The van der Waals surface area contributed by atoms with Crippen molar-refractivity contribution >= 4 is 5.91 Å². The Bertz CT molecular complexity index is 369. The summed E-state index contributed by atoms with van der Waals surface area (Å²) in [6.07, 6.45) is 1.01. The zero-order valence-electron chi connectivity index (χ0n) is 9.89. The van der Waals surface area contributed by atoms with Crippen molar-refractivity contribution in [3.63, 3.8) is 0 Å². The van der Waals surface area contributed by atoms with E-state index >= 15 is 0 Å². The number of carbonyl (C=O) groups is 1. The van der Waals surface area contributed by atoms with Crippen molar-refractivity contribution in [3.05, 3.63) is 29.8 Å². The first-order valence-corrected chi connectivity index (χ1v) is 5.16. The third kappa shape index (κ3) is 4.08. The first kappa shape index (κ1) is 13.5. The predicted octanol–water partition coefficient (Wildman–Crippen LogP) is 0.266. The summed E-state index contributed by atoms with van der Waals surface area (Å²) in [7, 11) is 3.16. The number of methoxy groups -OCH3 is 1. The fraction of sp³-hybridized carbons (Fsp3) is 0.455. The lowest BCUT2D eigenvalue weighted by Gasteiger charge is -2.20. The van der Waals surface area contributed by atoms with Gasteiger partial charge in [-0.2, -0.15) is 0 Å². The average Bonchev–Trinajstić information content (AvgIpc) is 2.29. The molecule has 2 N–H and O–H groups in total. The lowest BCUT2D eigenvalue weighted by Crippen LogP contribution is -2.41. The number of aromatic nitrogens is 1. The number of hydrogen-bond donors (Lipinski definition) is 1. The summed E-state index contributed by atoms with van der Waals surface area (Å²) in [5.41, 5.74) is 5.92. The van der Waals surface area contributed by atoms with Gasteiger partial charge in [0.05, 0.1) is 12.8 Å². The highest BCUT2D eigenvalue weighted by Gasteiger charge is 2.15. The Morgan fingerprint density at radius 2 is 2.35 bits per heavy atom. The van der Waals surface area contributed by atoms with Crippen molar-refractivity contribution in [2.45, 2.75) is 6.04 Å². The molecule has 17 heavy (non-hydrogen) atoms.